The Labute approximate surface area is 130 Å². The van der Waals surface area contributed by atoms with Gasteiger partial charge < -0.3 is 0 Å². The number of rotatable bonds is 0. The zero-order valence-corrected chi connectivity index (χ0v) is 12.0. The molecule has 0 fully saturated rings. The fraction of sp³-hybridized carbons (Fsp3) is 0. The standard InChI is InChI=1S/C21H13N/c1-3-8-18(9-4-1)14-16-20-12-7-13-21(22-20)17-15-19-10-5-2-6-11-19/h1-13H. The summed E-state index contributed by atoms with van der Waals surface area (Å²) in [7, 11) is 0. The van der Waals surface area contributed by atoms with Gasteiger partial charge in [-0.3, -0.25) is 0 Å². The fourth-order valence-corrected chi connectivity index (χ4v) is 1.89. The van der Waals surface area contributed by atoms with Crippen LogP contribution in [-0.4, -0.2) is 4.98 Å². The second-order valence-electron chi connectivity index (χ2n) is 4.64. The molecule has 102 valence electrons. The van der Waals surface area contributed by atoms with Crippen LogP contribution in [0, 0.1) is 23.7 Å². The summed E-state index contributed by atoms with van der Waals surface area (Å²) >= 11 is 0. The third-order valence-corrected chi connectivity index (χ3v) is 2.97. The lowest BCUT2D eigenvalue weighted by molar-refractivity contribution is 1.25. The van der Waals surface area contributed by atoms with Crippen molar-refractivity contribution in [3.05, 3.63) is 101 Å². The van der Waals surface area contributed by atoms with E-state index in [1.165, 1.54) is 0 Å². The van der Waals surface area contributed by atoms with E-state index < -0.39 is 0 Å². The first kappa shape index (κ1) is 13.7. The Morgan fingerprint density at radius 1 is 0.455 bits per heavy atom. The van der Waals surface area contributed by atoms with Crippen LogP contribution in [0.3, 0.4) is 0 Å². The topological polar surface area (TPSA) is 12.9 Å². The molecule has 1 nitrogen and oxygen atoms in total. The van der Waals surface area contributed by atoms with Gasteiger partial charge in [0.1, 0.15) is 11.4 Å². The summed E-state index contributed by atoms with van der Waals surface area (Å²) < 4.78 is 0. The summed E-state index contributed by atoms with van der Waals surface area (Å²) in [6.45, 7) is 0. The van der Waals surface area contributed by atoms with Crippen molar-refractivity contribution in [3.8, 4) is 23.7 Å². The molecule has 0 bridgehead atoms. The molecule has 0 radical (unpaired) electrons. The van der Waals surface area contributed by atoms with E-state index in [1.807, 2.05) is 78.9 Å². The number of pyridine rings is 1. The molecule has 0 aliphatic heterocycles. The molecule has 0 N–H and O–H groups in total. The highest BCUT2D eigenvalue weighted by Gasteiger charge is 1.92. The number of nitrogens with zero attached hydrogens (tertiary/aromatic N) is 1. The first-order valence-electron chi connectivity index (χ1n) is 7.01. The highest BCUT2D eigenvalue weighted by atomic mass is 14.7. The molecule has 0 atom stereocenters. The number of hydrogen-bond acceptors (Lipinski definition) is 1. The van der Waals surface area contributed by atoms with Gasteiger partial charge in [0, 0.05) is 11.1 Å². The van der Waals surface area contributed by atoms with E-state index in [4.69, 9.17) is 0 Å². The largest absolute Gasteiger partial charge is 0.231 e. The van der Waals surface area contributed by atoms with Gasteiger partial charge in [-0.2, -0.15) is 0 Å². The molecule has 0 aliphatic carbocycles. The first-order chi connectivity index (χ1) is 10.9. The Morgan fingerprint density at radius 3 is 1.36 bits per heavy atom. The quantitative estimate of drug-likeness (QED) is 0.569. The number of aromatic nitrogens is 1. The van der Waals surface area contributed by atoms with Crippen molar-refractivity contribution in [1.29, 1.82) is 0 Å². The van der Waals surface area contributed by atoms with Gasteiger partial charge in [-0.25, -0.2) is 4.98 Å². The summed E-state index contributed by atoms with van der Waals surface area (Å²) in [5.74, 6) is 12.3. The average Bonchev–Trinajstić information content (AvgIpc) is 2.60. The van der Waals surface area contributed by atoms with E-state index in [0.29, 0.717) is 0 Å². The van der Waals surface area contributed by atoms with E-state index >= 15 is 0 Å². The smallest absolute Gasteiger partial charge is 0.115 e. The Morgan fingerprint density at radius 2 is 0.909 bits per heavy atom. The minimum atomic E-state index is 0.726. The maximum absolute atomic E-state index is 4.46. The molecule has 0 unspecified atom stereocenters. The van der Waals surface area contributed by atoms with E-state index in [-0.39, 0.29) is 0 Å². The third-order valence-electron chi connectivity index (χ3n) is 2.97. The first-order valence-corrected chi connectivity index (χ1v) is 7.01. The summed E-state index contributed by atoms with van der Waals surface area (Å²) in [6.07, 6.45) is 0. The SMILES string of the molecule is C(#Cc1cccc(C#Cc2ccccc2)n1)c1ccccc1. The molecule has 3 rings (SSSR count). The van der Waals surface area contributed by atoms with Crippen molar-refractivity contribution in [3.63, 3.8) is 0 Å². The van der Waals surface area contributed by atoms with Gasteiger partial charge in [-0.05, 0) is 48.2 Å². The van der Waals surface area contributed by atoms with Crippen molar-refractivity contribution in [1.82, 2.24) is 4.98 Å². The van der Waals surface area contributed by atoms with Crippen LogP contribution < -0.4 is 0 Å². The van der Waals surface area contributed by atoms with Crippen molar-refractivity contribution in [2.45, 2.75) is 0 Å². The Kier molecular flexibility index (Phi) is 4.31. The molecule has 2 aromatic carbocycles. The molecule has 3 aromatic rings. The van der Waals surface area contributed by atoms with E-state index in [9.17, 15) is 0 Å². The average molecular weight is 279 g/mol. The maximum Gasteiger partial charge on any atom is 0.115 e. The molecule has 0 saturated carbocycles. The number of hydrogen-bond donors (Lipinski definition) is 0. The van der Waals surface area contributed by atoms with Crippen molar-refractivity contribution < 1.29 is 0 Å². The van der Waals surface area contributed by atoms with Crippen LogP contribution in [0.5, 0.6) is 0 Å². The van der Waals surface area contributed by atoms with Crippen molar-refractivity contribution in [2.75, 3.05) is 0 Å². The fourth-order valence-electron chi connectivity index (χ4n) is 1.89. The second kappa shape index (κ2) is 6.93. The van der Waals surface area contributed by atoms with Gasteiger partial charge in [0.15, 0.2) is 0 Å². The zero-order valence-electron chi connectivity index (χ0n) is 12.0. The minimum absolute atomic E-state index is 0.726. The summed E-state index contributed by atoms with van der Waals surface area (Å²) in [4.78, 5) is 4.46. The van der Waals surface area contributed by atoms with E-state index in [2.05, 4.69) is 28.7 Å². The van der Waals surface area contributed by atoms with Gasteiger partial charge in [0.05, 0.1) is 0 Å². The van der Waals surface area contributed by atoms with Crippen LogP contribution >= 0.6 is 0 Å². The molecule has 0 amide bonds. The van der Waals surface area contributed by atoms with Gasteiger partial charge in [0.25, 0.3) is 0 Å². The normalized spacial score (nSPS) is 9.09. The van der Waals surface area contributed by atoms with Gasteiger partial charge >= 0.3 is 0 Å². The lowest BCUT2D eigenvalue weighted by Gasteiger charge is -1.92. The highest BCUT2D eigenvalue weighted by Crippen LogP contribution is 2.00. The van der Waals surface area contributed by atoms with Crippen LogP contribution in [-0.2, 0) is 0 Å². The zero-order chi connectivity index (χ0) is 15.0. The van der Waals surface area contributed by atoms with E-state index in [0.717, 1.165) is 22.5 Å². The summed E-state index contributed by atoms with van der Waals surface area (Å²) in [5.41, 5.74) is 3.41. The predicted molar refractivity (Wildman–Crippen MR) is 89.1 cm³/mol. The van der Waals surface area contributed by atoms with Crippen LogP contribution in [0.2, 0.25) is 0 Å². The Bertz CT molecular complexity index is 800. The monoisotopic (exact) mass is 279 g/mol. The predicted octanol–water partition coefficient (Wildman–Crippen LogP) is 3.88. The molecule has 0 saturated heterocycles. The second-order valence-corrected chi connectivity index (χ2v) is 4.64. The van der Waals surface area contributed by atoms with Gasteiger partial charge in [-0.15, -0.1) is 0 Å². The van der Waals surface area contributed by atoms with Gasteiger partial charge in [-0.1, -0.05) is 54.3 Å². The highest BCUT2D eigenvalue weighted by molar-refractivity contribution is 5.43. The molecular weight excluding hydrogens is 266 g/mol. The van der Waals surface area contributed by atoms with Crippen LogP contribution in [0.1, 0.15) is 22.5 Å². The van der Waals surface area contributed by atoms with Gasteiger partial charge in [0.2, 0.25) is 0 Å². The van der Waals surface area contributed by atoms with Crippen LogP contribution in [0.15, 0.2) is 78.9 Å². The number of benzene rings is 2. The minimum Gasteiger partial charge on any atom is -0.231 e. The molecule has 0 aliphatic rings. The van der Waals surface area contributed by atoms with Crippen molar-refractivity contribution in [2.24, 2.45) is 0 Å². The molecule has 1 aromatic heterocycles. The van der Waals surface area contributed by atoms with Crippen LogP contribution in [0.4, 0.5) is 0 Å². The molecule has 1 heteroatoms. The summed E-state index contributed by atoms with van der Waals surface area (Å²) in [6, 6.07) is 25.5. The Balaban J connectivity index is 1.82. The molecular formula is C21H13N. The maximum atomic E-state index is 4.46. The molecule has 0 spiro atoms. The Hall–Kier alpha value is -3.29. The van der Waals surface area contributed by atoms with Crippen LogP contribution in [0.25, 0.3) is 0 Å². The lowest BCUT2D eigenvalue weighted by atomic mass is 10.2. The third kappa shape index (κ3) is 3.85. The van der Waals surface area contributed by atoms with E-state index in [1.54, 1.807) is 0 Å². The lowest BCUT2D eigenvalue weighted by Crippen LogP contribution is -1.87. The summed E-state index contributed by atoms with van der Waals surface area (Å²) in [5, 5.41) is 0. The molecule has 22 heavy (non-hydrogen) atoms. The molecule has 1 heterocycles. The van der Waals surface area contributed by atoms with Crippen molar-refractivity contribution >= 4 is 0 Å².